The van der Waals surface area contributed by atoms with Crippen molar-refractivity contribution in [1.82, 2.24) is 14.5 Å². The molecule has 162 valence electrons. The average molecular weight is 430 g/mol. The largest absolute Gasteiger partial charge is 0.368 e. The molecule has 0 aliphatic heterocycles. The summed E-state index contributed by atoms with van der Waals surface area (Å²) in [5, 5.41) is 0.962. The number of nitrogen functional groups attached to an aromatic ring is 1. The maximum Gasteiger partial charge on any atom is 0.232 e. The highest BCUT2D eigenvalue weighted by atomic mass is 32.2. The predicted molar refractivity (Wildman–Crippen MR) is 123 cm³/mol. The van der Waals surface area contributed by atoms with Gasteiger partial charge in [-0.1, -0.05) is 46.2 Å². The van der Waals surface area contributed by atoms with Gasteiger partial charge in [-0.3, -0.25) is 4.72 Å². The molecule has 0 radical (unpaired) electrons. The molecule has 3 rings (SSSR count). The van der Waals surface area contributed by atoms with E-state index in [9.17, 15) is 8.42 Å². The van der Waals surface area contributed by atoms with E-state index >= 15 is 0 Å². The molecule has 0 bridgehead atoms. The van der Waals surface area contributed by atoms with E-state index in [4.69, 9.17) is 5.73 Å². The van der Waals surface area contributed by atoms with E-state index in [1.54, 1.807) is 6.20 Å². The van der Waals surface area contributed by atoms with E-state index in [1.807, 2.05) is 31.2 Å². The maximum absolute atomic E-state index is 12.1. The molecular weight excluding hydrogens is 398 g/mol. The van der Waals surface area contributed by atoms with Gasteiger partial charge in [-0.2, -0.15) is 4.98 Å². The maximum atomic E-state index is 12.1. The van der Waals surface area contributed by atoms with Crippen LogP contribution in [0, 0.1) is 5.41 Å². The third-order valence-corrected chi connectivity index (χ3v) is 6.12. The van der Waals surface area contributed by atoms with Crippen LogP contribution in [0.1, 0.15) is 51.8 Å². The summed E-state index contributed by atoms with van der Waals surface area (Å²) in [7, 11) is -3.30. The quantitative estimate of drug-likeness (QED) is 0.559. The molecular formula is C22H31N5O2S. The Hall–Kier alpha value is -2.61. The van der Waals surface area contributed by atoms with Crippen molar-refractivity contribution < 1.29 is 8.42 Å². The number of hydrogen-bond acceptors (Lipinski definition) is 5. The number of hydrogen-bond donors (Lipinski definition) is 2. The van der Waals surface area contributed by atoms with Crippen molar-refractivity contribution in [3.8, 4) is 0 Å². The number of benzene rings is 1. The highest BCUT2D eigenvalue weighted by Gasteiger charge is 2.18. The van der Waals surface area contributed by atoms with Gasteiger partial charge in [0.25, 0.3) is 0 Å². The highest BCUT2D eigenvalue weighted by Crippen LogP contribution is 2.26. The van der Waals surface area contributed by atoms with Crippen LogP contribution >= 0.6 is 0 Å². The first-order valence-corrected chi connectivity index (χ1v) is 11.9. The predicted octanol–water partition coefficient (Wildman–Crippen LogP) is 4.19. The standard InChI is InChI=1S/C22H31N5O2S/c1-5-6-11-30(28,29)26-18-9-7-16(8-10-18)12-19-13-17-14-24-21(23)25-20(17)27(19)15-22(2,3)4/h7-10,13-14,26H,5-6,11-12,15H2,1-4H3,(H2,23,24,25). The molecule has 3 N–H and O–H groups in total. The Kier molecular flexibility index (Phi) is 6.36. The molecule has 0 saturated heterocycles. The second-order valence-corrected chi connectivity index (χ2v) is 10.8. The lowest BCUT2D eigenvalue weighted by Crippen LogP contribution is -2.18. The van der Waals surface area contributed by atoms with E-state index in [-0.39, 0.29) is 17.1 Å². The number of unbranched alkanes of at least 4 members (excludes halogenated alkanes) is 1. The van der Waals surface area contributed by atoms with Crippen molar-refractivity contribution in [2.45, 2.75) is 53.5 Å². The van der Waals surface area contributed by atoms with Gasteiger partial charge in [0.2, 0.25) is 16.0 Å². The van der Waals surface area contributed by atoms with Crippen LogP contribution in [-0.2, 0) is 23.0 Å². The Labute approximate surface area is 178 Å². The van der Waals surface area contributed by atoms with Gasteiger partial charge in [-0.25, -0.2) is 13.4 Å². The Morgan fingerprint density at radius 2 is 1.87 bits per heavy atom. The SMILES string of the molecule is CCCCS(=O)(=O)Nc1ccc(Cc2cc3cnc(N)nc3n2CC(C)(C)C)cc1. The number of nitrogens with one attached hydrogen (secondary N) is 1. The number of sulfonamides is 1. The smallest absolute Gasteiger partial charge is 0.232 e. The zero-order valence-corrected chi connectivity index (χ0v) is 19.0. The first-order valence-electron chi connectivity index (χ1n) is 10.3. The van der Waals surface area contributed by atoms with Crippen molar-refractivity contribution in [2.75, 3.05) is 16.2 Å². The molecule has 2 heterocycles. The summed E-state index contributed by atoms with van der Waals surface area (Å²) < 4.78 is 29.1. The lowest BCUT2D eigenvalue weighted by atomic mass is 9.96. The fraction of sp³-hybridized carbons (Fsp3) is 0.455. The lowest BCUT2D eigenvalue weighted by molar-refractivity contribution is 0.344. The van der Waals surface area contributed by atoms with Crippen LogP contribution in [-0.4, -0.2) is 28.7 Å². The summed E-state index contributed by atoms with van der Waals surface area (Å²) >= 11 is 0. The molecule has 30 heavy (non-hydrogen) atoms. The van der Waals surface area contributed by atoms with Crippen molar-refractivity contribution in [1.29, 1.82) is 0 Å². The van der Waals surface area contributed by atoms with E-state index in [1.165, 1.54) is 0 Å². The molecule has 8 heteroatoms. The van der Waals surface area contributed by atoms with Gasteiger partial charge in [-0.15, -0.1) is 0 Å². The molecule has 3 aromatic rings. The summed E-state index contributed by atoms with van der Waals surface area (Å²) in [5.41, 5.74) is 9.53. The molecule has 0 amide bonds. The van der Waals surface area contributed by atoms with Crippen LogP contribution in [0.5, 0.6) is 0 Å². The van der Waals surface area contributed by atoms with Gasteiger partial charge in [-0.05, 0) is 35.6 Å². The minimum atomic E-state index is -3.30. The Bertz CT molecular complexity index is 1110. The van der Waals surface area contributed by atoms with Crippen LogP contribution in [0.25, 0.3) is 11.0 Å². The van der Waals surface area contributed by atoms with Crippen LogP contribution in [0.4, 0.5) is 11.6 Å². The fourth-order valence-electron chi connectivity index (χ4n) is 3.37. The van der Waals surface area contributed by atoms with Crippen LogP contribution in [0.15, 0.2) is 36.5 Å². The molecule has 0 atom stereocenters. The second-order valence-electron chi connectivity index (χ2n) is 8.94. The normalized spacial score (nSPS) is 12.4. The minimum Gasteiger partial charge on any atom is -0.368 e. The van der Waals surface area contributed by atoms with Crippen molar-refractivity contribution in [3.05, 3.63) is 47.8 Å². The number of nitrogens with zero attached hydrogens (tertiary/aromatic N) is 3. The van der Waals surface area contributed by atoms with Gasteiger partial charge in [0, 0.05) is 35.9 Å². The second kappa shape index (κ2) is 8.63. The summed E-state index contributed by atoms with van der Waals surface area (Å²) in [4.78, 5) is 8.57. The monoisotopic (exact) mass is 429 g/mol. The van der Waals surface area contributed by atoms with Crippen molar-refractivity contribution in [2.24, 2.45) is 5.41 Å². The summed E-state index contributed by atoms with van der Waals surface area (Å²) in [5.74, 6) is 0.407. The van der Waals surface area contributed by atoms with E-state index < -0.39 is 10.0 Å². The van der Waals surface area contributed by atoms with Crippen LogP contribution < -0.4 is 10.5 Å². The molecule has 2 aromatic heterocycles. The summed E-state index contributed by atoms with van der Waals surface area (Å²) in [6.45, 7) is 9.34. The minimum absolute atomic E-state index is 0.0705. The van der Waals surface area contributed by atoms with E-state index in [0.29, 0.717) is 18.5 Å². The van der Waals surface area contributed by atoms with Gasteiger partial charge >= 0.3 is 0 Å². The fourth-order valence-corrected chi connectivity index (χ4v) is 4.63. The summed E-state index contributed by atoms with van der Waals surface area (Å²) in [6.07, 6.45) is 3.96. The first-order chi connectivity index (χ1) is 14.1. The molecule has 7 nitrogen and oxygen atoms in total. The average Bonchev–Trinajstić information content (AvgIpc) is 2.96. The third kappa shape index (κ3) is 5.72. The topological polar surface area (TPSA) is 103 Å². The van der Waals surface area contributed by atoms with Gasteiger partial charge in [0.1, 0.15) is 5.65 Å². The Morgan fingerprint density at radius 1 is 1.17 bits per heavy atom. The number of nitrogens with two attached hydrogens (primary N) is 1. The Morgan fingerprint density at radius 3 is 2.50 bits per heavy atom. The van der Waals surface area contributed by atoms with Crippen LogP contribution in [0.3, 0.4) is 0 Å². The van der Waals surface area contributed by atoms with Gasteiger partial charge < -0.3 is 10.3 Å². The van der Waals surface area contributed by atoms with Gasteiger partial charge in [0.05, 0.1) is 5.75 Å². The molecule has 0 aliphatic carbocycles. The number of aromatic nitrogens is 3. The zero-order chi connectivity index (χ0) is 21.9. The van der Waals surface area contributed by atoms with Crippen molar-refractivity contribution in [3.63, 3.8) is 0 Å². The summed E-state index contributed by atoms with van der Waals surface area (Å²) in [6, 6.07) is 9.64. The molecule has 1 aromatic carbocycles. The molecule has 0 aliphatic rings. The zero-order valence-electron chi connectivity index (χ0n) is 18.1. The molecule has 0 spiro atoms. The number of rotatable bonds is 8. The molecule has 0 fully saturated rings. The highest BCUT2D eigenvalue weighted by molar-refractivity contribution is 7.92. The number of fused-ring (bicyclic) bond motifs is 1. The lowest BCUT2D eigenvalue weighted by Gasteiger charge is -2.22. The Balaban J connectivity index is 1.84. The molecule has 0 unspecified atom stereocenters. The van der Waals surface area contributed by atoms with Crippen molar-refractivity contribution >= 4 is 32.7 Å². The van der Waals surface area contributed by atoms with E-state index in [0.717, 1.165) is 35.3 Å². The van der Waals surface area contributed by atoms with Gasteiger partial charge in [0.15, 0.2) is 0 Å². The van der Waals surface area contributed by atoms with Crippen LogP contribution in [0.2, 0.25) is 0 Å². The number of anilines is 2. The molecule has 0 saturated carbocycles. The third-order valence-electron chi connectivity index (χ3n) is 4.75. The van der Waals surface area contributed by atoms with E-state index in [2.05, 4.69) is 46.1 Å². The first kappa shape index (κ1) is 22.1.